The monoisotopic (exact) mass is 354 g/mol. The van der Waals surface area contributed by atoms with Crippen molar-refractivity contribution >= 4 is 22.0 Å². The van der Waals surface area contributed by atoms with Gasteiger partial charge in [-0.2, -0.15) is 5.10 Å². The van der Waals surface area contributed by atoms with Gasteiger partial charge in [0.2, 0.25) is 15.8 Å². The molecule has 0 atom stereocenters. The summed E-state index contributed by atoms with van der Waals surface area (Å²) in [5.74, 6) is 0.298. The molecule has 128 valence electrons. The van der Waals surface area contributed by atoms with Gasteiger partial charge in [0.15, 0.2) is 0 Å². The van der Waals surface area contributed by atoms with E-state index in [4.69, 9.17) is 5.73 Å². The Bertz CT molecular complexity index is 1020. The maximum Gasteiger partial charge on any atom is 0.221 e. The summed E-state index contributed by atoms with van der Waals surface area (Å²) >= 11 is 0. The highest BCUT2D eigenvalue weighted by molar-refractivity contribution is 7.91. The summed E-state index contributed by atoms with van der Waals surface area (Å²) in [6.45, 7) is 3.74. The summed E-state index contributed by atoms with van der Waals surface area (Å²) in [7, 11) is -3.52. The molecule has 0 aliphatic carbocycles. The molecule has 0 aliphatic rings. The van der Waals surface area contributed by atoms with Crippen LogP contribution in [-0.2, 0) is 9.84 Å². The fraction of sp³-hybridized carbons (Fsp3) is 0.111. The average Bonchev–Trinajstić information content (AvgIpc) is 2.91. The summed E-state index contributed by atoms with van der Waals surface area (Å²) in [5, 5.41) is 4.21. The van der Waals surface area contributed by atoms with Crippen LogP contribution in [0.1, 0.15) is 16.8 Å². The normalized spacial score (nSPS) is 11.9. The van der Waals surface area contributed by atoms with Crippen LogP contribution in [0.4, 0.5) is 5.95 Å². The van der Waals surface area contributed by atoms with Gasteiger partial charge in [-0.1, -0.05) is 29.8 Å². The van der Waals surface area contributed by atoms with E-state index in [9.17, 15) is 8.42 Å². The molecule has 0 spiro atoms. The molecule has 0 saturated heterocycles. The van der Waals surface area contributed by atoms with Gasteiger partial charge in [0.25, 0.3) is 0 Å². The number of rotatable bonds is 4. The largest absolute Gasteiger partial charge is 0.368 e. The summed E-state index contributed by atoms with van der Waals surface area (Å²) in [6, 6.07) is 13.3. The first kappa shape index (κ1) is 16.9. The van der Waals surface area contributed by atoms with Crippen molar-refractivity contribution in [2.45, 2.75) is 23.6 Å². The first-order valence-electron chi connectivity index (χ1n) is 7.64. The second-order valence-corrected chi connectivity index (χ2v) is 7.66. The lowest BCUT2D eigenvalue weighted by atomic mass is 10.2. The fourth-order valence-corrected chi connectivity index (χ4v) is 3.57. The van der Waals surface area contributed by atoms with E-state index in [-0.39, 0.29) is 9.79 Å². The zero-order chi connectivity index (χ0) is 18.0. The molecule has 25 heavy (non-hydrogen) atoms. The van der Waals surface area contributed by atoms with E-state index in [1.807, 2.05) is 13.8 Å². The van der Waals surface area contributed by atoms with E-state index < -0.39 is 9.84 Å². The van der Waals surface area contributed by atoms with Crippen molar-refractivity contribution in [1.29, 1.82) is 0 Å². The third-order valence-corrected chi connectivity index (χ3v) is 5.47. The van der Waals surface area contributed by atoms with Gasteiger partial charge in [0.05, 0.1) is 27.9 Å². The quantitative estimate of drug-likeness (QED) is 0.730. The van der Waals surface area contributed by atoms with Gasteiger partial charge < -0.3 is 5.73 Å². The second-order valence-electron chi connectivity index (χ2n) is 5.72. The lowest BCUT2D eigenvalue weighted by Crippen LogP contribution is -2.02. The topological polar surface area (TPSA) is 90.3 Å². The zero-order valence-corrected chi connectivity index (χ0v) is 14.7. The van der Waals surface area contributed by atoms with Gasteiger partial charge in [-0.25, -0.2) is 18.1 Å². The number of imidazole rings is 1. The van der Waals surface area contributed by atoms with Gasteiger partial charge in [0.1, 0.15) is 0 Å². The number of hydrogen-bond acceptors (Lipinski definition) is 5. The van der Waals surface area contributed by atoms with Gasteiger partial charge >= 0.3 is 0 Å². The number of anilines is 1. The number of benzene rings is 2. The molecule has 0 amide bonds. The van der Waals surface area contributed by atoms with E-state index in [1.165, 1.54) is 4.68 Å². The molecule has 0 unspecified atom stereocenters. The first-order valence-corrected chi connectivity index (χ1v) is 9.12. The molecular weight excluding hydrogens is 336 g/mol. The molecule has 6 nitrogen and oxygen atoms in total. The maximum atomic E-state index is 12.6. The number of aryl methyl sites for hydroxylation is 2. The van der Waals surface area contributed by atoms with Gasteiger partial charge in [-0.3, -0.25) is 0 Å². The van der Waals surface area contributed by atoms with Crippen LogP contribution in [0.15, 0.2) is 69.6 Å². The van der Waals surface area contributed by atoms with Crippen LogP contribution in [0.2, 0.25) is 0 Å². The SMILES string of the molecule is Cc1ccc(S(=O)(=O)c2ccc(C=Nn3cc(C)nc3N)cc2)cc1. The molecule has 3 aromatic rings. The van der Waals surface area contributed by atoms with Crippen molar-refractivity contribution in [2.24, 2.45) is 5.10 Å². The van der Waals surface area contributed by atoms with E-state index in [0.717, 1.165) is 16.8 Å². The Labute approximate surface area is 146 Å². The molecule has 0 fully saturated rings. The number of hydrogen-bond donors (Lipinski definition) is 1. The van der Waals surface area contributed by atoms with Crippen LogP contribution in [0.5, 0.6) is 0 Å². The molecule has 0 bridgehead atoms. The molecule has 7 heteroatoms. The first-order chi connectivity index (χ1) is 11.9. The maximum absolute atomic E-state index is 12.6. The van der Waals surface area contributed by atoms with E-state index >= 15 is 0 Å². The Morgan fingerprint density at radius 3 is 2.08 bits per heavy atom. The lowest BCUT2D eigenvalue weighted by molar-refractivity contribution is 0.596. The van der Waals surface area contributed by atoms with Crippen molar-refractivity contribution in [2.75, 3.05) is 5.73 Å². The zero-order valence-electron chi connectivity index (χ0n) is 13.9. The summed E-state index contributed by atoms with van der Waals surface area (Å²) < 4.78 is 26.7. The highest BCUT2D eigenvalue weighted by atomic mass is 32.2. The third-order valence-electron chi connectivity index (χ3n) is 3.69. The van der Waals surface area contributed by atoms with Crippen LogP contribution in [-0.4, -0.2) is 24.3 Å². The van der Waals surface area contributed by atoms with Gasteiger partial charge in [-0.05, 0) is 43.7 Å². The summed E-state index contributed by atoms with van der Waals surface area (Å²) in [4.78, 5) is 4.58. The Balaban J connectivity index is 1.84. The lowest BCUT2D eigenvalue weighted by Gasteiger charge is -2.05. The molecule has 1 heterocycles. The molecule has 1 aromatic heterocycles. The summed E-state index contributed by atoms with van der Waals surface area (Å²) in [5.41, 5.74) is 8.26. The Morgan fingerprint density at radius 2 is 1.56 bits per heavy atom. The van der Waals surface area contributed by atoms with Gasteiger partial charge in [-0.15, -0.1) is 0 Å². The van der Waals surface area contributed by atoms with Crippen molar-refractivity contribution in [3.05, 3.63) is 71.5 Å². The van der Waals surface area contributed by atoms with Gasteiger partial charge in [0, 0.05) is 0 Å². The highest BCUT2D eigenvalue weighted by Crippen LogP contribution is 2.21. The van der Waals surface area contributed by atoms with Crippen LogP contribution in [0.25, 0.3) is 0 Å². The Morgan fingerprint density at radius 1 is 1.00 bits per heavy atom. The predicted molar refractivity (Wildman–Crippen MR) is 97.4 cm³/mol. The average molecular weight is 354 g/mol. The van der Waals surface area contributed by atoms with E-state index in [0.29, 0.717) is 5.95 Å². The second kappa shape index (κ2) is 6.52. The standard InChI is InChI=1S/C18H18N4O2S/c1-13-3-7-16(8-4-13)25(23,24)17-9-5-15(6-10-17)11-20-22-12-14(2)21-18(22)19/h3-12H,1-2H3,(H2,19,21). The van der Waals surface area contributed by atoms with Crippen LogP contribution < -0.4 is 5.73 Å². The molecule has 2 aromatic carbocycles. The van der Waals surface area contributed by atoms with Crippen molar-refractivity contribution in [3.8, 4) is 0 Å². The number of nitrogen functional groups attached to an aromatic ring is 1. The van der Waals surface area contributed by atoms with Crippen molar-refractivity contribution in [3.63, 3.8) is 0 Å². The Kier molecular flexibility index (Phi) is 4.41. The number of sulfone groups is 1. The smallest absolute Gasteiger partial charge is 0.221 e. The van der Waals surface area contributed by atoms with Crippen molar-refractivity contribution in [1.82, 2.24) is 9.66 Å². The number of nitrogens with zero attached hydrogens (tertiary/aromatic N) is 3. The van der Waals surface area contributed by atoms with Crippen molar-refractivity contribution < 1.29 is 8.42 Å². The minimum Gasteiger partial charge on any atom is -0.368 e. The number of nitrogens with two attached hydrogens (primary N) is 1. The fourth-order valence-electron chi connectivity index (χ4n) is 2.31. The minimum atomic E-state index is -3.52. The van der Waals surface area contributed by atoms with Crippen LogP contribution >= 0.6 is 0 Å². The van der Waals surface area contributed by atoms with E-state index in [1.54, 1.807) is 60.9 Å². The van der Waals surface area contributed by atoms with E-state index in [2.05, 4.69) is 10.1 Å². The molecule has 0 saturated carbocycles. The van der Waals surface area contributed by atoms with Crippen LogP contribution in [0, 0.1) is 13.8 Å². The highest BCUT2D eigenvalue weighted by Gasteiger charge is 2.16. The third kappa shape index (κ3) is 3.61. The minimum absolute atomic E-state index is 0.242. The molecule has 0 radical (unpaired) electrons. The molecule has 0 aliphatic heterocycles. The molecular formula is C18H18N4O2S. The molecule has 2 N–H and O–H groups in total. The molecule has 3 rings (SSSR count). The summed E-state index contributed by atoms with van der Waals surface area (Å²) in [6.07, 6.45) is 3.31. The predicted octanol–water partition coefficient (Wildman–Crippen LogP) is 2.80. The van der Waals surface area contributed by atoms with Crippen LogP contribution in [0.3, 0.4) is 0 Å². The number of aromatic nitrogens is 2. The Hall–Kier alpha value is -2.93.